The lowest BCUT2D eigenvalue weighted by Gasteiger charge is -2.23. The van der Waals surface area contributed by atoms with Crippen molar-refractivity contribution in [3.8, 4) is 11.5 Å². The lowest BCUT2D eigenvalue weighted by Crippen LogP contribution is -2.43. The molecular weight excluding hydrogens is 487 g/mol. The fraction of sp³-hybridized carbons (Fsp3) is 0.611. The molecule has 27 heavy (non-hydrogen) atoms. The number of aliphatic imine (C=N–C) groups is 1. The summed E-state index contributed by atoms with van der Waals surface area (Å²) in [5, 5.41) is 6.52. The zero-order chi connectivity index (χ0) is 19.6. The Morgan fingerprint density at radius 3 is 2.48 bits per heavy atom. The molecular formula is C18H30F2IN3O2S. The second-order valence-corrected chi connectivity index (χ2v) is 7.62. The zero-order valence-electron chi connectivity index (χ0n) is 16.5. The van der Waals surface area contributed by atoms with Gasteiger partial charge >= 0.3 is 6.61 Å². The number of halogens is 3. The highest BCUT2D eigenvalue weighted by atomic mass is 127. The van der Waals surface area contributed by atoms with Crippen LogP contribution in [-0.2, 0) is 6.54 Å². The van der Waals surface area contributed by atoms with Crippen molar-refractivity contribution in [2.24, 2.45) is 4.99 Å². The third-order valence-electron chi connectivity index (χ3n) is 3.52. The smallest absolute Gasteiger partial charge is 0.387 e. The van der Waals surface area contributed by atoms with E-state index in [4.69, 9.17) is 4.74 Å². The van der Waals surface area contributed by atoms with E-state index in [-0.39, 0.29) is 34.5 Å². The molecule has 0 bridgehead atoms. The molecule has 0 radical (unpaired) electrons. The average molecular weight is 517 g/mol. The highest BCUT2D eigenvalue weighted by Crippen LogP contribution is 2.30. The molecule has 0 fully saturated rings. The topological polar surface area (TPSA) is 54.9 Å². The molecule has 0 spiro atoms. The van der Waals surface area contributed by atoms with Gasteiger partial charge in [0.15, 0.2) is 17.5 Å². The van der Waals surface area contributed by atoms with E-state index >= 15 is 0 Å². The Morgan fingerprint density at radius 2 is 1.93 bits per heavy atom. The van der Waals surface area contributed by atoms with Crippen molar-refractivity contribution < 1.29 is 18.3 Å². The molecule has 0 atom stereocenters. The lowest BCUT2D eigenvalue weighted by molar-refractivity contribution is -0.0514. The summed E-state index contributed by atoms with van der Waals surface area (Å²) in [7, 11) is 0. The second-order valence-electron chi connectivity index (χ2n) is 6.11. The molecule has 0 aliphatic heterocycles. The first kappa shape index (κ1) is 26.0. The fourth-order valence-corrected chi connectivity index (χ4v) is 2.21. The quantitative estimate of drug-likeness (QED) is 0.272. The van der Waals surface area contributed by atoms with E-state index in [1.165, 1.54) is 6.07 Å². The number of nitrogens with zero attached hydrogens (tertiary/aromatic N) is 1. The van der Waals surface area contributed by atoms with E-state index in [0.717, 1.165) is 18.7 Å². The number of thioether (sulfide) groups is 1. The van der Waals surface area contributed by atoms with Crippen molar-refractivity contribution in [3.63, 3.8) is 0 Å². The monoisotopic (exact) mass is 517 g/mol. The summed E-state index contributed by atoms with van der Waals surface area (Å²) < 4.78 is 34.9. The predicted octanol–water partition coefficient (Wildman–Crippen LogP) is 4.50. The zero-order valence-corrected chi connectivity index (χ0v) is 19.6. The Balaban J connectivity index is 0.00000676. The standard InChI is InChI=1S/C18H29F2N3O2S.HI/c1-6-21-17(23-12-18(3,4)26-5)22-11-13-8-9-14(25-16(19)20)15(10-13)24-7-2;/h8-10,16H,6-7,11-12H2,1-5H3,(H2,21,22,23);1H. The Kier molecular flexibility index (Phi) is 12.8. The maximum Gasteiger partial charge on any atom is 0.387 e. The number of ether oxygens (including phenoxy) is 2. The highest BCUT2D eigenvalue weighted by molar-refractivity contribution is 14.0. The molecule has 1 rings (SSSR count). The minimum Gasteiger partial charge on any atom is -0.490 e. The van der Waals surface area contributed by atoms with Crippen LogP contribution in [0.2, 0.25) is 0 Å². The van der Waals surface area contributed by atoms with E-state index in [9.17, 15) is 8.78 Å². The first-order valence-electron chi connectivity index (χ1n) is 8.59. The number of hydrogen-bond acceptors (Lipinski definition) is 4. The second kappa shape index (κ2) is 13.2. The molecule has 9 heteroatoms. The van der Waals surface area contributed by atoms with Crippen LogP contribution in [0, 0.1) is 0 Å². The summed E-state index contributed by atoms with van der Waals surface area (Å²) in [4.78, 5) is 4.55. The first-order chi connectivity index (χ1) is 12.3. The van der Waals surface area contributed by atoms with Gasteiger partial charge in [-0.05, 0) is 51.6 Å². The van der Waals surface area contributed by atoms with Crippen molar-refractivity contribution in [1.82, 2.24) is 10.6 Å². The molecule has 0 saturated heterocycles. The van der Waals surface area contributed by atoms with Gasteiger partial charge < -0.3 is 20.1 Å². The molecule has 2 N–H and O–H groups in total. The molecule has 0 saturated carbocycles. The van der Waals surface area contributed by atoms with Gasteiger partial charge in [-0.1, -0.05) is 6.07 Å². The summed E-state index contributed by atoms with van der Waals surface area (Å²) in [6.07, 6.45) is 2.07. The van der Waals surface area contributed by atoms with Gasteiger partial charge in [0.25, 0.3) is 0 Å². The Labute approximate surface area is 182 Å². The number of hydrogen-bond donors (Lipinski definition) is 2. The van der Waals surface area contributed by atoms with Crippen molar-refractivity contribution >= 4 is 41.7 Å². The van der Waals surface area contributed by atoms with Crippen molar-refractivity contribution in [3.05, 3.63) is 23.8 Å². The van der Waals surface area contributed by atoms with Crippen LogP contribution in [0.3, 0.4) is 0 Å². The van der Waals surface area contributed by atoms with Crippen molar-refractivity contribution in [2.75, 3.05) is 26.0 Å². The minimum absolute atomic E-state index is 0. The number of guanidine groups is 1. The largest absolute Gasteiger partial charge is 0.490 e. The van der Waals surface area contributed by atoms with Crippen LogP contribution in [0.1, 0.15) is 33.3 Å². The van der Waals surface area contributed by atoms with Crippen LogP contribution in [0.15, 0.2) is 23.2 Å². The molecule has 5 nitrogen and oxygen atoms in total. The van der Waals surface area contributed by atoms with Gasteiger partial charge in [0, 0.05) is 17.8 Å². The van der Waals surface area contributed by atoms with Crippen LogP contribution < -0.4 is 20.1 Å². The van der Waals surface area contributed by atoms with E-state index in [0.29, 0.717) is 24.9 Å². The third-order valence-corrected chi connectivity index (χ3v) is 4.77. The number of benzene rings is 1. The molecule has 0 aliphatic carbocycles. The molecule has 156 valence electrons. The molecule has 1 aromatic rings. The van der Waals surface area contributed by atoms with E-state index in [1.54, 1.807) is 30.8 Å². The minimum atomic E-state index is -2.89. The number of nitrogens with one attached hydrogen (secondary N) is 2. The van der Waals surface area contributed by atoms with Gasteiger partial charge in [-0.3, -0.25) is 0 Å². The maximum atomic E-state index is 12.5. The highest BCUT2D eigenvalue weighted by Gasteiger charge is 2.16. The van der Waals surface area contributed by atoms with Gasteiger partial charge in [0.05, 0.1) is 13.2 Å². The van der Waals surface area contributed by atoms with Gasteiger partial charge in [0.2, 0.25) is 0 Å². The molecule has 0 unspecified atom stereocenters. The summed E-state index contributed by atoms with van der Waals surface area (Å²) in [5.74, 6) is 1.03. The lowest BCUT2D eigenvalue weighted by atomic mass is 10.2. The Morgan fingerprint density at radius 1 is 1.22 bits per heavy atom. The maximum absolute atomic E-state index is 12.5. The molecule has 0 heterocycles. The molecule has 0 amide bonds. The van der Waals surface area contributed by atoms with E-state index in [1.807, 2.05) is 6.92 Å². The van der Waals surface area contributed by atoms with Crippen LogP contribution in [0.5, 0.6) is 11.5 Å². The Hall–Kier alpha value is -0.970. The SMILES string of the molecule is CCNC(=NCc1ccc(OC(F)F)c(OCC)c1)NCC(C)(C)SC.I. The predicted molar refractivity (Wildman–Crippen MR) is 120 cm³/mol. The van der Waals surface area contributed by atoms with E-state index in [2.05, 4.69) is 40.5 Å². The molecule has 0 aromatic heterocycles. The number of alkyl halides is 2. The van der Waals surface area contributed by atoms with Crippen LogP contribution in [-0.4, -0.2) is 43.3 Å². The normalized spacial score (nSPS) is 11.8. The van der Waals surface area contributed by atoms with Gasteiger partial charge in [-0.25, -0.2) is 4.99 Å². The van der Waals surface area contributed by atoms with Crippen molar-refractivity contribution in [2.45, 2.75) is 45.6 Å². The van der Waals surface area contributed by atoms with Crippen LogP contribution in [0.4, 0.5) is 8.78 Å². The van der Waals surface area contributed by atoms with Crippen LogP contribution in [0.25, 0.3) is 0 Å². The summed E-state index contributed by atoms with van der Waals surface area (Å²) in [5.41, 5.74) is 0.844. The molecule has 0 aliphatic rings. The molecule has 1 aromatic carbocycles. The Bertz CT molecular complexity index is 590. The van der Waals surface area contributed by atoms with Crippen molar-refractivity contribution in [1.29, 1.82) is 0 Å². The van der Waals surface area contributed by atoms with Crippen LogP contribution >= 0.6 is 35.7 Å². The fourth-order valence-electron chi connectivity index (χ4n) is 1.99. The summed E-state index contributed by atoms with van der Waals surface area (Å²) >= 11 is 1.78. The number of rotatable bonds is 10. The first-order valence-corrected chi connectivity index (χ1v) is 9.81. The third kappa shape index (κ3) is 10.2. The van der Waals surface area contributed by atoms with Gasteiger partial charge in [-0.2, -0.15) is 20.5 Å². The summed E-state index contributed by atoms with van der Waals surface area (Å²) in [6, 6.07) is 4.87. The average Bonchev–Trinajstić information content (AvgIpc) is 2.59. The van der Waals surface area contributed by atoms with E-state index < -0.39 is 6.61 Å². The summed E-state index contributed by atoms with van der Waals surface area (Å²) in [6.45, 7) is 7.49. The van der Waals surface area contributed by atoms with Gasteiger partial charge in [0.1, 0.15) is 0 Å². The van der Waals surface area contributed by atoms with Gasteiger partial charge in [-0.15, -0.1) is 24.0 Å².